The third kappa shape index (κ3) is 7.06. The molecule has 186 valence electrons. The normalized spacial score (nSPS) is 12.2. The molecular formula is C26H37N3O4S. The van der Waals surface area contributed by atoms with Gasteiger partial charge in [0.15, 0.2) is 0 Å². The second-order valence-corrected chi connectivity index (χ2v) is 10.6. The molecule has 0 bridgehead atoms. The van der Waals surface area contributed by atoms with Crippen LogP contribution in [0.15, 0.2) is 42.5 Å². The topological polar surface area (TPSA) is 86.8 Å². The molecule has 1 atom stereocenters. The summed E-state index contributed by atoms with van der Waals surface area (Å²) in [6.07, 6.45) is 1.65. The summed E-state index contributed by atoms with van der Waals surface area (Å²) < 4.78 is 26.4. The number of likely N-dealkylation sites (N-methyl/N-ethyl adjacent to an activating group) is 1. The molecule has 2 aromatic rings. The standard InChI is InChI=1S/C26H37N3O4S/c1-7-27-26(31)22(5)28(18-23-14-9-8-12-20(23)3)25(30)16-11-17-29(34(6,32)33)24-15-10-13-19(2)21(24)4/h8-10,12-15,22H,7,11,16-18H2,1-6H3,(H,27,31)/t22-/m0/s1. The third-order valence-corrected chi connectivity index (χ3v) is 7.30. The number of nitrogens with one attached hydrogen (secondary N) is 1. The van der Waals surface area contributed by atoms with E-state index < -0.39 is 16.1 Å². The van der Waals surface area contributed by atoms with Crippen LogP contribution in [0, 0.1) is 20.8 Å². The quantitative estimate of drug-likeness (QED) is 0.523. The van der Waals surface area contributed by atoms with Crippen LogP contribution in [0.25, 0.3) is 0 Å². The maximum Gasteiger partial charge on any atom is 0.242 e. The minimum atomic E-state index is -3.52. The summed E-state index contributed by atoms with van der Waals surface area (Å²) in [5, 5.41) is 2.79. The monoisotopic (exact) mass is 487 g/mol. The van der Waals surface area contributed by atoms with E-state index in [1.165, 1.54) is 10.6 Å². The molecule has 0 radical (unpaired) electrons. The van der Waals surface area contributed by atoms with Crippen molar-refractivity contribution in [3.05, 3.63) is 64.7 Å². The van der Waals surface area contributed by atoms with E-state index in [4.69, 9.17) is 0 Å². The van der Waals surface area contributed by atoms with Gasteiger partial charge in [-0.3, -0.25) is 13.9 Å². The molecule has 0 heterocycles. The molecule has 0 unspecified atom stereocenters. The number of aryl methyl sites for hydroxylation is 2. The van der Waals surface area contributed by atoms with E-state index in [1.54, 1.807) is 17.9 Å². The molecule has 0 saturated carbocycles. The fourth-order valence-corrected chi connectivity index (χ4v) is 4.88. The summed E-state index contributed by atoms with van der Waals surface area (Å²) in [7, 11) is -3.52. The van der Waals surface area contributed by atoms with Crippen LogP contribution in [0.4, 0.5) is 5.69 Å². The summed E-state index contributed by atoms with van der Waals surface area (Å²) in [5.41, 5.74) is 4.54. The van der Waals surface area contributed by atoms with Gasteiger partial charge < -0.3 is 10.2 Å². The lowest BCUT2D eigenvalue weighted by Gasteiger charge is -2.30. The maximum atomic E-state index is 13.3. The number of benzene rings is 2. The average Bonchev–Trinajstić information content (AvgIpc) is 2.77. The first kappa shape index (κ1) is 27.4. The van der Waals surface area contributed by atoms with Crippen molar-refractivity contribution in [2.45, 2.75) is 60.0 Å². The molecule has 0 aliphatic carbocycles. The Balaban J connectivity index is 2.20. The number of hydrogen-bond acceptors (Lipinski definition) is 4. The van der Waals surface area contributed by atoms with Gasteiger partial charge in [-0.1, -0.05) is 36.4 Å². The van der Waals surface area contributed by atoms with Crippen molar-refractivity contribution in [3.8, 4) is 0 Å². The van der Waals surface area contributed by atoms with Crippen molar-refractivity contribution in [1.82, 2.24) is 10.2 Å². The number of sulfonamides is 1. The minimum Gasteiger partial charge on any atom is -0.355 e. The summed E-state index contributed by atoms with van der Waals surface area (Å²) in [6, 6.07) is 12.7. The van der Waals surface area contributed by atoms with Crippen molar-refractivity contribution in [2.24, 2.45) is 0 Å². The first-order chi connectivity index (χ1) is 16.0. The van der Waals surface area contributed by atoms with Crippen LogP contribution >= 0.6 is 0 Å². The third-order valence-electron chi connectivity index (χ3n) is 6.12. The van der Waals surface area contributed by atoms with E-state index in [1.807, 2.05) is 64.1 Å². The van der Waals surface area contributed by atoms with E-state index in [9.17, 15) is 18.0 Å². The first-order valence-electron chi connectivity index (χ1n) is 11.6. The highest BCUT2D eigenvalue weighted by atomic mass is 32.2. The molecule has 2 rings (SSSR count). The Morgan fingerprint density at radius 2 is 1.65 bits per heavy atom. The minimum absolute atomic E-state index is 0.131. The molecule has 1 N–H and O–H groups in total. The van der Waals surface area contributed by atoms with Gasteiger partial charge in [0.2, 0.25) is 21.8 Å². The molecule has 34 heavy (non-hydrogen) atoms. The van der Waals surface area contributed by atoms with Gasteiger partial charge in [-0.2, -0.15) is 0 Å². The number of hydrogen-bond donors (Lipinski definition) is 1. The van der Waals surface area contributed by atoms with E-state index in [2.05, 4.69) is 5.32 Å². The Labute approximate surface area is 204 Å². The van der Waals surface area contributed by atoms with Gasteiger partial charge in [0, 0.05) is 26.1 Å². The number of carbonyl (C=O) groups is 2. The van der Waals surface area contributed by atoms with Gasteiger partial charge in [0.05, 0.1) is 11.9 Å². The van der Waals surface area contributed by atoms with Crippen LogP contribution in [-0.4, -0.2) is 50.5 Å². The molecule has 0 aromatic heterocycles. The zero-order chi connectivity index (χ0) is 25.5. The maximum absolute atomic E-state index is 13.3. The van der Waals surface area contributed by atoms with E-state index >= 15 is 0 Å². The number of anilines is 1. The number of amides is 2. The molecule has 2 aromatic carbocycles. The van der Waals surface area contributed by atoms with Crippen LogP contribution in [0.1, 0.15) is 48.9 Å². The second-order valence-electron chi connectivity index (χ2n) is 8.68. The molecule has 2 amide bonds. The van der Waals surface area contributed by atoms with Gasteiger partial charge in [-0.05, 0) is 69.4 Å². The molecule has 0 aliphatic rings. The lowest BCUT2D eigenvalue weighted by molar-refractivity contribution is -0.140. The summed E-state index contributed by atoms with van der Waals surface area (Å²) in [6.45, 7) is 10.4. The molecular weight excluding hydrogens is 450 g/mol. The molecule has 0 aliphatic heterocycles. The Morgan fingerprint density at radius 3 is 2.26 bits per heavy atom. The van der Waals surface area contributed by atoms with Crippen LogP contribution in [-0.2, 0) is 26.2 Å². The van der Waals surface area contributed by atoms with Gasteiger partial charge in [-0.25, -0.2) is 8.42 Å². The molecule has 8 heteroatoms. The highest BCUT2D eigenvalue weighted by Gasteiger charge is 2.27. The Morgan fingerprint density at radius 1 is 1.00 bits per heavy atom. The SMILES string of the molecule is CCNC(=O)[C@H](C)N(Cc1ccccc1C)C(=O)CCCN(c1cccc(C)c1C)S(C)(=O)=O. The Kier molecular flexibility index (Phi) is 9.67. The largest absolute Gasteiger partial charge is 0.355 e. The van der Waals surface area contributed by atoms with Crippen LogP contribution in [0.3, 0.4) is 0 Å². The lowest BCUT2D eigenvalue weighted by atomic mass is 10.1. The molecule has 0 fully saturated rings. The fraction of sp³-hybridized carbons (Fsp3) is 0.462. The van der Waals surface area contributed by atoms with Gasteiger partial charge in [0.25, 0.3) is 0 Å². The van der Waals surface area contributed by atoms with E-state index in [-0.39, 0.29) is 24.8 Å². The van der Waals surface area contributed by atoms with Crippen molar-refractivity contribution in [2.75, 3.05) is 23.7 Å². The predicted molar refractivity (Wildman–Crippen MR) is 137 cm³/mol. The lowest BCUT2D eigenvalue weighted by Crippen LogP contribution is -2.47. The number of nitrogens with zero attached hydrogens (tertiary/aromatic N) is 2. The predicted octanol–water partition coefficient (Wildman–Crippen LogP) is 3.71. The van der Waals surface area contributed by atoms with Crippen molar-refractivity contribution in [3.63, 3.8) is 0 Å². The Bertz CT molecular complexity index is 1110. The van der Waals surface area contributed by atoms with Crippen molar-refractivity contribution in [1.29, 1.82) is 0 Å². The second kappa shape index (κ2) is 12.0. The average molecular weight is 488 g/mol. The van der Waals surface area contributed by atoms with Crippen LogP contribution < -0.4 is 9.62 Å². The number of carbonyl (C=O) groups excluding carboxylic acids is 2. The highest BCUT2D eigenvalue weighted by Crippen LogP contribution is 2.25. The van der Waals surface area contributed by atoms with Crippen LogP contribution in [0.2, 0.25) is 0 Å². The molecule has 0 spiro atoms. The van der Waals surface area contributed by atoms with Crippen molar-refractivity contribution < 1.29 is 18.0 Å². The van der Waals surface area contributed by atoms with Gasteiger partial charge in [-0.15, -0.1) is 0 Å². The summed E-state index contributed by atoms with van der Waals surface area (Å²) >= 11 is 0. The summed E-state index contributed by atoms with van der Waals surface area (Å²) in [4.78, 5) is 27.4. The van der Waals surface area contributed by atoms with Crippen molar-refractivity contribution >= 4 is 27.5 Å². The number of rotatable bonds is 11. The highest BCUT2D eigenvalue weighted by molar-refractivity contribution is 7.92. The summed E-state index contributed by atoms with van der Waals surface area (Å²) in [5.74, 6) is -0.394. The van der Waals surface area contributed by atoms with Crippen LogP contribution in [0.5, 0.6) is 0 Å². The van der Waals surface area contributed by atoms with Gasteiger partial charge in [0.1, 0.15) is 6.04 Å². The fourth-order valence-electron chi connectivity index (χ4n) is 3.86. The van der Waals surface area contributed by atoms with Gasteiger partial charge >= 0.3 is 0 Å². The first-order valence-corrected chi connectivity index (χ1v) is 13.5. The zero-order valence-corrected chi connectivity index (χ0v) is 21.9. The molecule has 0 saturated heterocycles. The molecule has 7 nitrogen and oxygen atoms in total. The smallest absolute Gasteiger partial charge is 0.242 e. The zero-order valence-electron chi connectivity index (χ0n) is 21.1. The van der Waals surface area contributed by atoms with E-state index in [0.717, 1.165) is 22.3 Å². The van der Waals surface area contributed by atoms with E-state index in [0.29, 0.717) is 25.2 Å². The Hall–Kier alpha value is -2.87.